The van der Waals surface area contributed by atoms with Gasteiger partial charge in [-0.15, -0.1) is 0 Å². The van der Waals surface area contributed by atoms with E-state index in [1.54, 1.807) is 12.1 Å². The van der Waals surface area contributed by atoms with Crippen molar-refractivity contribution in [2.75, 3.05) is 39.6 Å². The van der Waals surface area contributed by atoms with Crippen LogP contribution in [0.2, 0.25) is 0 Å². The highest BCUT2D eigenvalue weighted by molar-refractivity contribution is 6.39. The third-order valence-electron chi connectivity index (χ3n) is 2.48. The van der Waals surface area contributed by atoms with Crippen LogP contribution in [0.5, 0.6) is 5.88 Å². The van der Waals surface area contributed by atoms with E-state index in [4.69, 9.17) is 4.74 Å². The molecule has 7 heteroatoms. The zero-order valence-corrected chi connectivity index (χ0v) is 12.0. The number of aromatic nitrogens is 1. The summed E-state index contributed by atoms with van der Waals surface area (Å²) in [5.41, 5.74) is 0.444. The smallest absolute Gasteiger partial charge is 0.313 e. The SMILES string of the molecule is COc1ccc(NC(=O)C(=O)NCCCN(C)C)cn1. The highest BCUT2D eigenvalue weighted by Gasteiger charge is 2.13. The average molecular weight is 280 g/mol. The first-order valence-electron chi connectivity index (χ1n) is 6.27. The molecule has 0 spiro atoms. The molecule has 0 aromatic carbocycles. The van der Waals surface area contributed by atoms with E-state index in [1.165, 1.54) is 13.3 Å². The number of carbonyl (C=O) groups is 2. The Morgan fingerprint density at radius 2 is 2.05 bits per heavy atom. The van der Waals surface area contributed by atoms with Gasteiger partial charge in [-0.2, -0.15) is 0 Å². The molecule has 7 nitrogen and oxygen atoms in total. The normalized spacial score (nSPS) is 10.2. The van der Waals surface area contributed by atoms with E-state index < -0.39 is 11.8 Å². The van der Waals surface area contributed by atoms with Crippen LogP contribution in [0.4, 0.5) is 5.69 Å². The maximum Gasteiger partial charge on any atom is 0.313 e. The molecule has 2 N–H and O–H groups in total. The zero-order valence-electron chi connectivity index (χ0n) is 12.0. The van der Waals surface area contributed by atoms with Crippen molar-refractivity contribution >= 4 is 17.5 Å². The number of amides is 2. The largest absolute Gasteiger partial charge is 0.481 e. The number of hydrogen-bond donors (Lipinski definition) is 2. The molecule has 0 fully saturated rings. The lowest BCUT2D eigenvalue weighted by Crippen LogP contribution is -2.36. The summed E-state index contributed by atoms with van der Waals surface area (Å²) in [6, 6.07) is 3.22. The maximum absolute atomic E-state index is 11.6. The second-order valence-electron chi connectivity index (χ2n) is 4.46. The van der Waals surface area contributed by atoms with Crippen molar-refractivity contribution in [3.8, 4) is 5.88 Å². The van der Waals surface area contributed by atoms with Gasteiger partial charge in [-0.3, -0.25) is 9.59 Å². The van der Waals surface area contributed by atoms with Gasteiger partial charge in [-0.05, 0) is 33.1 Å². The molecule has 0 unspecified atom stereocenters. The van der Waals surface area contributed by atoms with Gasteiger partial charge in [0.25, 0.3) is 0 Å². The number of pyridine rings is 1. The van der Waals surface area contributed by atoms with Crippen molar-refractivity contribution in [2.24, 2.45) is 0 Å². The summed E-state index contributed by atoms with van der Waals surface area (Å²) >= 11 is 0. The molecular formula is C13H20N4O3. The van der Waals surface area contributed by atoms with Crippen LogP contribution in [-0.2, 0) is 9.59 Å². The van der Waals surface area contributed by atoms with E-state index in [-0.39, 0.29) is 0 Å². The van der Waals surface area contributed by atoms with Crippen LogP contribution in [0.25, 0.3) is 0 Å². The molecule has 0 aliphatic rings. The number of nitrogens with one attached hydrogen (secondary N) is 2. The molecule has 0 saturated heterocycles. The van der Waals surface area contributed by atoms with Gasteiger partial charge in [-0.25, -0.2) is 4.98 Å². The Morgan fingerprint density at radius 3 is 2.60 bits per heavy atom. The first-order valence-corrected chi connectivity index (χ1v) is 6.27. The predicted molar refractivity (Wildman–Crippen MR) is 75.6 cm³/mol. The molecular weight excluding hydrogens is 260 g/mol. The Morgan fingerprint density at radius 1 is 1.30 bits per heavy atom. The van der Waals surface area contributed by atoms with Crippen LogP contribution in [-0.4, -0.2) is 56.0 Å². The number of nitrogens with zero attached hydrogens (tertiary/aromatic N) is 2. The topological polar surface area (TPSA) is 83.6 Å². The number of carbonyl (C=O) groups excluding carboxylic acids is 2. The Kier molecular flexibility index (Phi) is 6.45. The van der Waals surface area contributed by atoms with Gasteiger partial charge < -0.3 is 20.3 Å². The minimum absolute atomic E-state index is 0.441. The number of ether oxygens (including phenoxy) is 1. The molecule has 1 rings (SSSR count). The molecule has 110 valence electrons. The quantitative estimate of drug-likeness (QED) is 0.570. The van der Waals surface area contributed by atoms with Crippen LogP contribution in [0, 0.1) is 0 Å². The summed E-state index contributed by atoms with van der Waals surface area (Å²) in [6.45, 7) is 1.32. The predicted octanol–water partition coefficient (Wildman–Crippen LogP) is 0.0966. The van der Waals surface area contributed by atoms with Gasteiger partial charge in [0.15, 0.2) is 0 Å². The van der Waals surface area contributed by atoms with Gasteiger partial charge in [0.05, 0.1) is 19.0 Å². The van der Waals surface area contributed by atoms with Gasteiger partial charge in [0.2, 0.25) is 5.88 Å². The third kappa shape index (κ3) is 5.66. The van der Waals surface area contributed by atoms with E-state index in [0.717, 1.165) is 13.0 Å². The molecule has 0 aliphatic carbocycles. The molecule has 0 atom stereocenters. The van der Waals surface area contributed by atoms with Gasteiger partial charge in [0.1, 0.15) is 0 Å². The van der Waals surface area contributed by atoms with Crippen molar-refractivity contribution in [1.82, 2.24) is 15.2 Å². The summed E-state index contributed by atoms with van der Waals surface area (Å²) in [4.78, 5) is 29.1. The molecule has 0 saturated carbocycles. The Labute approximate surface area is 118 Å². The van der Waals surface area contributed by atoms with Crippen molar-refractivity contribution in [3.05, 3.63) is 18.3 Å². The fourth-order valence-corrected chi connectivity index (χ4v) is 1.44. The Bertz CT molecular complexity index is 445. The second-order valence-corrected chi connectivity index (χ2v) is 4.46. The van der Waals surface area contributed by atoms with E-state index >= 15 is 0 Å². The first kappa shape index (κ1) is 15.9. The molecule has 20 heavy (non-hydrogen) atoms. The van der Waals surface area contributed by atoms with Crippen molar-refractivity contribution in [1.29, 1.82) is 0 Å². The molecule has 0 bridgehead atoms. The first-order chi connectivity index (χ1) is 9.52. The van der Waals surface area contributed by atoms with Crippen molar-refractivity contribution in [3.63, 3.8) is 0 Å². The molecule has 0 aliphatic heterocycles. The van der Waals surface area contributed by atoms with Crippen molar-refractivity contribution in [2.45, 2.75) is 6.42 Å². The van der Waals surface area contributed by atoms with E-state index in [1.807, 2.05) is 19.0 Å². The molecule has 2 amide bonds. The van der Waals surface area contributed by atoms with E-state index in [2.05, 4.69) is 15.6 Å². The fourth-order valence-electron chi connectivity index (χ4n) is 1.44. The fraction of sp³-hybridized carbons (Fsp3) is 0.462. The third-order valence-corrected chi connectivity index (χ3v) is 2.48. The van der Waals surface area contributed by atoms with Gasteiger partial charge in [0, 0.05) is 12.6 Å². The molecule has 1 heterocycles. The monoisotopic (exact) mass is 280 g/mol. The van der Waals surface area contributed by atoms with Crippen LogP contribution in [0.15, 0.2) is 18.3 Å². The summed E-state index contributed by atoms with van der Waals surface area (Å²) in [5.74, 6) is -0.919. The second kappa shape index (κ2) is 8.11. The van der Waals surface area contributed by atoms with Gasteiger partial charge in [-0.1, -0.05) is 0 Å². The molecule has 1 aromatic heterocycles. The lowest BCUT2D eigenvalue weighted by atomic mass is 10.3. The average Bonchev–Trinajstić information content (AvgIpc) is 2.44. The highest BCUT2D eigenvalue weighted by atomic mass is 16.5. The van der Waals surface area contributed by atoms with Crippen LogP contribution in [0.1, 0.15) is 6.42 Å². The number of methoxy groups -OCH3 is 1. The standard InChI is InChI=1S/C13H20N4O3/c1-17(2)8-4-7-14-12(18)13(19)16-10-5-6-11(20-3)15-9-10/h5-6,9H,4,7-8H2,1-3H3,(H,14,18)(H,16,19). The van der Waals surface area contributed by atoms with Crippen LogP contribution in [0.3, 0.4) is 0 Å². The van der Waals surface area contributed by atoms with E-state index in [9.17, 15) is 9.59 Å². The summed E-state index contributed by atoms with van der Waals surface area (Å²) in [5, 5.41) is 5.02. The summed E-state index contributed by atoms with van der Waals surface area (Å²) < 4.78 is 4.90. The Balaban J connectivity index is 2.35. The number of hydrogen-bond acceptors (Lipinski definition) is 5. The lowest BCUT2D eigenvalue weighted by Gasteiger charge is -2.10. The minimum Gasteiger partial charge on any atom is -0.481 e. The highest BCUT2D eigenvalue weighted by Crippen LogP contribution is 2.10. The van der Waals surface area contributed by atoms with Crippen LogP contribution >= 0.6 is 0 Å². The lowest BCUT2D eigenvalue weighted by molar-refractivity contribution is -0.136. The van der Waals surface area contributed by atoms with Crippen molar-refractivity contribution < 1.29 is 14.3 Å². The summed E-state index contributed by atoms with van der Waals surface area (Å²) in [7, 11) is 5.40. The van der Waals surface area contributed by atoms with Crippen LogP contribution < -0.4 is 15.4 Å². The molecule has 0 radical (unpaired) electrons. The van der Waals surface area contributed by atoms with Gasteiger partial charge >= 0.3 is 11.8 Å². The Hall–Kier alpha value is -2.15. The maximum atomic E-state index is 11.6. The number of rotatable bonds is 6. The molecule has 1 aromatic rings. The minimum atomic E-state index is -0.707. The number of anilines is 1. The van der Waals surface area contributed by atoms with E-state index in [0.29, 0.717) is 18.1 Å². The zero-order chi connectivity index (χ0) is 15.0. The summed E-state index contributed by atoms with van der Waals surface area (Å²) in [6.07, 6.45) is 2.21.